The lowest BCUT2D eigenvalue weighted by Crippen LogP contribution is -1.98. The van der Waals surface area contributed by atoms with Gasteiger partial charge in [0.1, 0.15) is 11.9 Å². The minimum Gasteiger partial charge on any atom is -0.383 e. The molecule has 0 aliphatic rings. The van der Waals surface area contributed by atoms with Crippen LogP contribution in [0.3, 0.4) is 0 Å². The predicted molar refractivity (Wildman–Crippen MR) is 55.7 cm³/mol. The summed E-state index contributed by atoms with van der Waals surface area (Å²) in [6.45, 7) is 1.65. The number of benzene rings is 1. The number of hydrogen-bond donors (Lipinski definition) is 1. The van der Waals surface area contributed by atoms with E-state index in [2.05, 4.69) is 0 Å². The van der Waals surface area contributed by atoms with Crippen LogP contribution in [0.15, 0.2) is 41.2 Å². The first-order chi connectivity index (χ1) is 6.66. The van der Waals surface area contributed by atoms with E-state index in [4.69, 9.17) is 11.6 Å². The third kappa shape index (κ3) is 2.56. The maximum Gasteiger partial charge on any atom is 0.117 e. The Morgan fingerprint density at radius 1 is 1.43 bits per heavy atom. The van der Waals surface area contributed by atoms with E-state index in [0.717, 1.165) is 0 Å². The van der Waals surface area contributed by atoms with E-state index >= 15 is 0 Å². The highest BCUT2D eigenvalue weighted by atomic mass is 35.5. The predicted octanol–water partition coefficient (Wildman–Crippen LogP) is 3.55. The molecule has 1 aromatic rings. The largest absolute Gasteiger partial charge is 0.383 e. The van der Waals surface area contributed by atoms with Gasteiger partial charge in [0.2, 0.25) is 0 Å². The fraction of sp³-hybridized carbons (Fsp3) is 0.273. The van der Waals surface area contributed by atoms with Crippen LogP contribution < -0.4 is 0 Å². The standard InChI is InChI=1S/C11H12ClFO/c1-2-9(13)10(12)11(14)8-6-4-3-5-7-8/h3-7,11,14H,2H2,1H3/b10-9-. The first kappa shape index (κ1) is 11.2. The lowest BCUT2D eigenvalue weighted by atomic mass is 10.1. The Hall–Kier alpha value is -0.860. The summed E-state index contributed by atoms with van der Waals surface area (Å²) in [6, 6.07) is 8.77. The summed E-state index contributed by atoms with van der Waals surface area (Å²) in [6.07, 6.45) is -0.860. The SMILES string of the molecule is CC/C(F)=C(/Cl)C(O)c1ccccc1. The molecule has 14 heavy (non-hydrogen) atoms. The first-order valence-electron chi connectivity index (χ1n) is 4.43. The van der Waals surface area contributed by atoms with Gasteiger partial charge in [-0.3, -0.25) is 0 Å². The zero-order chi connectivity index (χ0) is 10.6. The van der Waals surface area contributed by atoms with E-state index in [1.807, 2.05) is 6.07 Å². The highest BCUT2D eigenvalue weighted by molar-refractivity contribution is 6.30. The zero-order valence-corrected chi connectivity index (χ0v) is 8.63. The van der Waals surface area contributed by atoms with Crippen LogP contribution in [0, 0.1) is 0 Å². The first-order valence-corrected chi connectivity index (χ1v) is 4.81. The quantitative estimate of drug-likeness (QED) is 0.816. The molecule has 1 aromatic carbocycles. The van der Waals surface area contributed by atoms with Crippen LogP contribution in [0.4, 0.5) is 4.39 Å². The maximum atomic E-state index is 13.0. The molecule has 0 fully saturated rings. The molecule has 0 spiro atoms. The van der Waals surface area contributed by atoms with Gasteiger partial charge in [0.05, 0.1) is 5.03 Å². The van der Waals surface area contributed by atoms with Gasteiger partial charge in [0, 0.05) is 0 Å². The summed E-state index contributed by atoms with van der Waals surface area (Å²) < 4.78 is 13.0. The van der Waals surface area contributed by atoms with Crippen LogP contribution in [0.2, 0.25) is 0 Å². The van der Waals surface area contributed by atoms with Crippen molar-refractivity contribution in [2.75, 3.05) is 0 Å². The van der Waals surface area contributed by atoms with E-state index in [9.17, 15) is 9.50 Å². The molecular weight excluding hydrogens is 203 g/mol. The second-order valence-corrected chi connectivity index (χ2v) is 3.33. The van der Waals surface area contributed by atoms with Gasteiger partial charge in [-0.1, -0.05) is 48.9 Å². The molecular formula is C11H12ClFO. The molecule has 0 aliphatic carbocycles. The molecule has 0 saturated heterocycles. The molecule has 1 unspecified atom stereocenters. The second-order valence-electron chi connectivity index (χ2n) is 2.92. The third-order valence-corrected chi connectivity index (χ3v) is 2.34. The van der Waals surface area contributed by atoms with Gasteiger partial charge in [0.15, 0.2) is 0 Å². The normalized spacial score (nSPS) is 14.9. The summed E-state index contributed by atoms with van der Waals surface area (Å²) in [4.78, 5) is 0. The highest BCUT2D eigenvalue weighted by Gasteiger charge is 2.14. The Morgan fingerprint density at radius 2 is 2.00 bits per heavy atom. The number of aliphatic hydroxyl groups is 1. The van der Waals surface area contributed by atoms with Crippen molar-refractivity contribution in [3.63, 3.8) is 0 Å². The van der Waals surface area contributed by atoms with Crippen LogP contribution in [0.1, 0.15) is 25.0 Å². The summed E-state index contributed by atoms with van der Waals surface area (Å²) >= 11 is 5.67. The number of rotatable bonds is 3. The summed E-state index contributed by atoms with van der Waals surface area (Å²) in [7, 11) is 0. The topological polar surface area (TPSA) is 20.2 Å². The van der Waals surface area contributed by atoms with Gasteiger partial charge in [-0.05, 0) is 12.0 Å². The van der Waals surface area contributed by atoms with Crippen LogP contribution in [0.25, 0.3) is 0 Å². The van der Waals surface area contributed by atoms with E-state index in [1.54, 1.807) is 31.2 Å². The van der Waals surface area contributed by atoms with Crippen molar-refractivity contribution >= 4 is 11.6 Å². The summed E-state index contributed by atoms with van der Waals surface area (Å²) in [5.41, 5.74) is 0.598. The molecule has 0 saturated carbocycles. The lowest BCUT2D eigenvalue weighted by Gasteiger charge is -2.10. The van der Waals surface area contributed by atoms with Crippen molar-refractivity contribution in [3.8, 4) is 0 Å². The average Bonchev–Trinajstić information content (AvgIpc) is 2.27. The monoisotopic (exact) mass is 214 g/mol. The molecule has 0 aliphatic heterocycles. The Morgan fingerprint density at radius 3 is 2.50 bits per heavy atom. The zero-order valence-electron chi connectivity index (χ0n) is 7.87. The van der Waals surface area contributed by atoms with Gasteiger partial charge >= 0.3 is 0 Å². The van der Waals surface area contributed by atoms with Gasteiger partial charge in [-0.15, -0.1) is 0 Å². The van der Waals surface area contributed by atoms with Crippen LogP contribution >= 0.6 is 11.6 Å². The maximum absolute atomic E-state index is 13.0. The summed E-state index contributed by atoms with van der Waals surface area (Å²) in [5, 5.41) is 9.53. The van der Waals surface area contributed by atoms with E-state index in [-0.39, 0.29) is 11.5 Å². The minimum absolute atomic E-state index is 0.126. The fourth-order valence-electron chi connectivity index (χ4n) is 1.10. The molecule has 76 valence electrons. The number of halogens is 2. The molecule has 0 bridgehead atoms. The Balaban J connectivity index is 2.91. The molecule has 3 heteroatoms. The molecule has 0 amide bonds. The number of hydrogen-bond acceptors (Lipinski definition) is 1. The number of allylic oxidation sites excluding steroid dienone is 1. The van der Waals surface area contributed by atoms with Crippen molar-refractivity contribution in [1.82, 2.24) is 0 Å². The van der Waals surface area contributed by atoms with Gasteiger partial charge in [-0.2, -0.15) is 0 Å². The van der Waals surface area contributed by atoms with Gasteiger partial charge in [0.25, 0.3) is 0 Å². The molecule has 1 nitrogen and oxygen atoms in total. The Kier molecular flexibility index (Phi) is 4.11. The van der Waals surface area contributed by atoms with Crippen molar-refractivity contribution < 1.29 is 9.50 Å². The van der Waals surface area contributed by atoms with E-state index in [0.29, 0.717) is 5.56 Å². The van der Waals surface area contributed by atoms with Crippen molar-refractivity contribution in [2.24, 2.45) is 0 Å². The van der Waals surface area contributed by atoms with Crippen LogP contribution in [0.5, 0.6) is 0 Å². The third-order valence-electron chi connectivity index (χ3n) is 1.92. The average molecular weight is 215 g/mol. The van der Waals surface area contributed by atoms with Crippen molar-refractivity contribution in [1.29, 1.82) is 0 Å². The van der Waals surface area contributed by atoms with Gasteiger partial charge < -0.3 is 5.11 Å². The number of aliphatic hydroxyl groups excluding tert-OH is 1. The van der Waals surface area contributed by atoms with Crippen LogP contribution in [-0.2, 0) is 0 Å². The molecule has 0 aromatic heterocycles. The molecule has 1 rings (SSSR count). The molecule has 0 heterocycles. The van der Waals surface area contributed by atoms with Crippen LogP contribution in [-0.4, -0.2) is 5.11 Å². The van der Waals surface area contributed by atoms with Crippen molar-refractivity contribution in [2.45, 2.75) is 19.4 Å². The second kappa shape index (κ2) is 5.13. The fourth-order valence-corrected chi connectivity index (χ4v) is 1.36. The Labute approximate surface area is 87.8 Å². The molecule has 0 radical (unpaired) electrons. The van der Waals surface area contributed by atoms with E-state index in [1.165, 1.54) is 0 Å². The molecule has 1 N–H and O–H groups in total. The van der Waals surface area contributed by atoms with E-state index < -0.39 is 11.9 Å². The highest BCUT2D eigenvalue weighted by Crippen LogP contribution is 2.28. The lowest BCUT2D eigenvalue weighted by molar-refractivity contribution is 0.220. The van der Waals surface area contributed by atoms with Gasteiger partial charge in [-0.25, -0.2) is 4.39 Å². The smallest absolute Gasteiger partial charge is 0.117 e. The minimum atomic E-state index is -1.06. The Bertz CT molecular complexity index is 321. The summed E-state index contributed by atoms with van der Waals surface area (Å²) in [5.74, 6) is -0.469. The molecule has 1 atom stereocenters. The van der Waals surface area contributed by atoms with Crippen molar-refractivity contribution in [3.05, 3.63) is 46.8 Å².